The van der Waals surface area contributed by atoms with E-state index in [2.05, 4.69) is 15.7 Å². The zero-order chi connectivity index (χ0) is 31.2. The van der Waals surface area contributed by atoms with Crippen LogP contribution in [-0.4, -0.2) is 63.4 Å². The molecule has 1 saturated heterocycles. The molecule has 1 aliphatic heterocycles. The first-order chi connectivity index (χ1) is 20.3. The van der Waals surface area contributed by atoms with Gasteiger partial charge in [0.2, 0.25) is 11.8 Å². The zero-order valence-corrected chi connectivity index (χ0v) is 24.2. The molecule has 13 heteroatoms. The lowest BCUT2D eigenvalue weighted by atomic mass is 9.88. The van der Waals surface area contributed by atoms with Gasteiger partial charge in [0.05, 0.1) is 18.2 Å². The predicted octanol–water partition coefficient (Wildman–Crippen LogP) is 5.38. The molecule has 2 N–H and O–H groups in total. The van der Waals surface area contributed by atoms with E-state index >= 15 is 4.39 Å². The molecule has 4 atom stereocenters. The number of carbonyl (C=O) groups is 3. The molecule has 234 valence electrons. The Labute approximate surface area is 246 Å². The molecule has 2 saturated carbocycles. The Kier molecular flexibility index (Phi) is 8.54. The van der Waals surface area contributed by atoms with Crippen LogP contribution in [0.15, 0.2) is 30.5 Å². The molecule has 0 spiro atoms. The third kappa shape index (κ3) is 6.70. The second-order valence-electron chi connectivity index (χ2n) is 12.3. The van der Waals surface area contributed by atoms with E-state index in [9.17, 15) is 31.9 Å². The maximum Gasteiger partial charge on any atom is 0.408 e. The number of aromatic nitrogens is 2. The first-order valence-electron chi connectivity index (χ1n) is 14.7. The minimum absolute atomic E-state index is 0.0872. The molecule has 3 aliphatic rings. The molecule has 1 aromatic carbocycles. The second-order valence-corrected chi connectivity index (χ2v) is 12.3. The van der Waals surface area contributed by atoms with Crippen molar-refractivity contribution < 1.29 is 36.3 Å². The first-order valence-corrected chi connectivity index (χ1v) is 14.7. The number of rotatable bonds is 10. The number of likely N-dealkylation sites (tertiary alicyclic amines) is 1. The summed E-state index contributed by atoms with van der Waals surface area (Å²) in [7, 11) is 0. The number of nitrogens with one attached hydrogen (secondary N) is 2. The number of amides is 3. The van der Waals surface area contributed by atoms with Gasteiger partial charge in [-0.3, -0.25) is 19.1 Å². The van der Waals surface area contributed by atoms with E-state index in [1.807, 2.05) is 13.8 Å². The standard InChI is InChI=1S/C30H36F5N5O3/c1-15(2)40-23(10-11-36-40)27(41)38-26(25(17-4-5-17)18-6-7-18)28(42)37-22-9-8-19(12-21(22)32)16(3)29(43)39-14-20(31)13-24(39)30(33,34)35/h8-12,15-18,20,24-26H,4-7,13-14H2,1-3H3,(H,37,42)(H,38,41)/t16-,20+,24-,26-/m0/s1. The molecule has 5 rings (SSSR count). The SMILES string of the molecule is CC(C)n1nccc1C(=O)N[C@H](C(=O)Nc1ccc([C@H](C)C(=O)N2C[C@H](F)C[C@H]2C(F)(F)F)cc1F)C(C1CC1)C1CC1. The fraction of sp³-hybridized carbons (Fsp3) is 0.600. The summed E-state index contributed by atoms with van der Waals surface area (Å²) in [5.74, 6) is -3.64. The zero-order valence-electron chi connectivity index (χ0n) is 24.2. The van der Waals surface area contributed by atoms with Gasteiger partial charge < -0.3 is 15.5 Å². The molecule has 2 aromatic rings. The highest BCUT2D eigenvalue weighted by Gasteiger charge is 2.52. The second kappa shape index (κ2) is 11.9. The van der Waals surface area contributed by atoms with Gasteiger partial charge in [-0.2, -0.15) is 18.3 Å². The van der Waals surface area contributed by atoms with Crippen LogP contribution >= 0.6 is 0 Å². The van der Waals surface area contributed by atoms with Crippen LogP contribution in [0.3, 0.4) is 0 Å². The van der Waals surface area contributed by atoms with Crippen LogP contribution in [0, 0.1) is 23.6 Å². The fourth-order valence-corrected chi connectivity index (χ4v) is 6.19. The topological polar surface area (TPSA) is 96.3 Å². The highest BCUT2D eigenvalue weighted by atomic mass is 19.4. The maximum absolute atomic E-state index is 15.3. The van der Waals surface area contributed by atoms with Crippen molar-refractivity contribution >= 4 is 23.4 Å². The maximum atomic E-state index is 15.3. The van der Waals surface area contributed by atoms with Crippen molar-refractivity contribution in [1.82, 2.24) is 20.0 Å². The van der Waals surface area contributed by atoms with Crippen LogP contribution in [-0.2, 0) is 9.59 Å². The summed E-state index contributed by atoms with van der Waals surface area (Å²) < 4.78 is 70.9. The number of anilines is 1. The number of benzene rings is 1. The molecule has 1 aromatic heterocycles. The summed E-state index contributed by atoms with van der Waals surface area (Å²) in [4.78, 5) is 40.3. The molecular formula is C30H36F5N5O3. The summed E-state index contributed by atoms with van der Waals surface area (Å²) in [6, 6.07) is 1.89. The normalized spacial score (nSPS) is 22.1. The largest absolute Gasteiger partial charge is 0.408 e. The van der Waals surface area contributed by atoms with E-state index in [-0.39, 0.29) is 35.0 Å². The Morgan fingerprint density at radius 3 is 2.23 bits per heavy atom. The number of hydrogen-bond donors (Lipinski definition) is 2. The van der Waals surface area contributed by atoms with Gasteiger partial charge in [0.1, 0.15) is 29.8 Å². The Balaban J connectivity index is 1.33. The third-order valence-electron chi connectivity index (χ3n) is 8.71. The van der Waals surface area contributed by atoms with Crippen LogP contribution in [0.25, 0.3) is 0 Å². The van der Waals surface area contributed by atoms with E-state index in [1.54, 1.807) is 10.7 Å². The van der Waals surface area contributed by atoms with Gasteiger partial charge in [-0.1, -0.05) is 6.07 Å². The molecule has 0 bridgehead atoms. The quantitative estimate of drug-likeness (QED) is 0.354. The number of carbonyl (C=O) groups excluding carboxylic acids is 3. The van der Waals surface area contributed by atoms with Crippen LogP contribution in [0.2, 0.25) is 0 Å². The van der Waals surface area contributed by atoms with Gasteiger partial charge in [0.25, 0.3) is 5.91 Å². The average Bonchev–Trinajstić information content (AvgIpc) is 3.87. The summed E-state index contributed by atoms with van der Waals surface area (Å²) in [6.07, 6.45) is -2.15. The van der Waals surface area contributed by atoms with Gasteiger partial charge in [-0.05, 0) is 88.0 Å². The van der Waals surface area contributed by atoms with Crippen LogP contribution < -0.4 is 10.6 Å². The van der Waals surface area contributed by atoms with E-state index in [0.717, 1.165) is 31.7 Å². The molecule has 2 heterocycles. The average molecular weight is 610 g/mol. The molecule has 3 amide bonds. The Bertz CT molecular complexity index is 1360. The van der Waals surface area contributed by atoms with Crippen molar-refractivity contribution in [3.05, 3.63) is 47.5 Å². The first kappa shape index (κ1) is 30.9. The lowest BCUT2D eigenvalue weighted by Gasteiger charge is -2.29. The van der Waals surface area contributed by atoms with Crippen molar-refractivity contribution in [3.8, 4) is 0 Å². The van der Waals surface area contributed by atoms with Crippen LogP contribution in [0.4, 0.5) is 27.6 Å². The lowest BCUT2D eigenvalue weighted by Crippen LogP contribution is -2.50. The van der Waals surface area contributed by atoms with Crippen LogP contribution in [0.1, 0.15) is 80.9 Å². The van der Waals surface area contributed by atoms with Crippen molar-refractivity contribution in [2.45, 2.75) is 89.3 Å². The molecule has 8 nitrogen and oxygen atoms in total. The molecule has 0 radical (unpaired) electrons. The van der Waals surface area contributed by atoms with Crippen molar-refractivity contribution in [2.24, 2.45) is 17.8 Å². The predicted molar refractivity (Wildman–Crippen MR) is 147 cm³/mol. The Hall–Kier alpha value is -3.51. The third-order valence-corrected chi connectivity index (χ3v) is 8.71. The van der Waals surface area contributed by atoms with Crippen molar-refractivity contribution in [1.29, 1.82) is 0 Å². The minimum atomic E-state index is -4.78. The van der Waals surface area contributed by atoms with Gasteiger partial charge in [-0.15, -0.1) is 0 Å². The van der Waals surface area contributed by atoms with E-state index in [1.165, 1.54) is 25.3 Å². The number of halogens is 5. The summed E-state index contributed by atoms with van der Waals surface area (Å²) >= 11 is 0. The monoisotopic (exact) mass is 609 g/mol. The van der Waals surface area contributed by atoms with E-state index in [0.29, 0.717) is 10.6 Å². The Morgan fingerprint density at radius 1 is 1.02 bits per heavy atom. The molecule has 2 aliphatic carbocycles. The Morgan fingerprint density at radius 2 is 1.67 bits per heavy atom. The molecule has 43 heavy (non-hydrogen) atoms. The summed E-state index contributed by atoms with van der Waals surface area (Å²) in [6.45, 7) is 4.41. The number of nitrogens with zero attached hydrogens (tertiary/aromatic N) is 3. The van der Waals surface area contributed by atoms with Gasteiger partial charge in [0, 0.05) is 18.7 Å². The molecule has 0 unspecified atom stereocenters. The van der Waals surface area contributed by atoms with Crippen LogP contribution in [0.5, 0.6) is 0 Å². The highest BCUT2D eigenvalue weighted by molar-refractivity contribution is 6.01. The van der Waals surface area contributed by atoms with E-state index in [4.69, 9.17) is 0 Å². The van der Waals surface area contributed by atoms with Gasteiger partial charge in [-0.25, -0.2) is 8.78 Å². The van der Waals surface area contributed by atoms with Gasteiger partial charge >= 0.3 is 6.18 Å². The van der Waals surface area contributed by atoms with Crippen molar-refractivity contribution in [2.75, 3.05) is 11.9 Å². The minimum Gasteiger partial charge on any atom is -0.339 e. The number of hydrogen-bond acceptors (Lipinski definition) is 4. The fourth-order valence-electron chi connectivity index (χ4n) is 6.19. The molecular weight excluding hydrogens is 573 g/mol. The molecule has 3 fully saturated rings. The number of alkyl halides is 4. The van der Waals surface area contributed by atoms with Crippen molar-refractivity contribution in [3.63, 3.8) is 0 Å². The summed E-state index contributed by atoms with van der Waals surface area (Å²) in [5.41, 5.74) is 0.199. The highest BCUT2D eigenvalue weighted by Crippen LogP contribution is 2.51. The smallest absolute Gasteiger partial charge is 0.339 e. The van der Waals surface area contributed by atoms with E-state index < -0.39 is 66.9 Å². The van der Waals surface area contributed by atoms with Gasteiger partial charge in [0.15, 0.2) is 0 Å². The summed E-state index contributed by atoms with van der Waals surface area (Å²) in [5, 5.41) is 9.66. The lowest BCUT2D eigenvalue weighted by molar-refractivity contribution is -0.183.